The van der Waals surface area contributed by atoms with Crippen molar-refractivity contribution in [3.63, 3.8) is 0 Å². The molecule has 0 aliphatic carbocycles. The Morgan fingerprint density at radius 2 is 1.92 bits per heavy atom. The highest BCUT2D eigenvalue weighted by Gasteiger charge is 2.00. The van der Waals surface area contributed by atoms with Crippen LogP contribution < -0.4 is 0 Å². The van der Waals surface area contributed by atoms with Crippen LogP contribution in [0.25, 0.3) is 0 Å². The van der Waals surface area contributed by atoms with Crippen molar-refractivity contribution in [3.8, 4) is 0 Å². The maximum Gasteiger partial charge on any atom is 0.143 e. The molecule has 0 aliphatic heterocycles. The highest BCUT2D eigenvalue weighted by molar-refractivity contribution is 7.78. The molecule has 0 aliphatic rings. The van der Waals surface area contributed by atoms with Gasteiger partial charge in [0.05, 0.1) is 5.75 Å². The van der Waals surface area contributed by atoms with E-state index in [-0.39, 0.29) is 21.9 Å². The molecule has 1 heterocycles. The summed E-state index contributed by atoms with van der Waals surface area (Å²) in [5.74, 6) is -0.180. The van der Waals surface area contributed by atoms with E-state index in [2.05, 4.69) is 9.97 Å². The first-order chi connectivity index (χ1) is 5.58. The molecule has 0 bridgehead atoms. The predicted octanol–water partition coefficient (Wildman–Crippen LogP) is 1.16. The average Bonchev–Trinajstić information content (AvgIpc) is 1.81. The summed E-state index contributed by atoms with van der Waals surface area (Å²) in [5, 5.41) is 0.269. The fourth-order valence-electron chi connectivity index (χ4n) is 0.604. The number of rotatable bonds is 2. The van der Waals surface area contributed by atoms with Gasteiger partial charge in [0, 0.05) is 6.07 Å². The van der Waals surface area contributed by atoms with E-state index in [0.717, 1.165) is 0 Å². The van der Waals surface area contributed by atoms with E-state index in [4.69, 9.17) is 23.2 Å². The molecule has 7 heteroatoms. The Bertz CT molecular complexity index is 300. The number of halogens is 2. The minimum atomic E-state index is -2.23. The number of hydrogen-bond donors (Lipinski definition) is 0. The molecule has 1 aromatic heterocycles. The normalized spacial score (nSPS) is 12.9. The van der Waals surface area contributed by atoms with Crippen LogP contribution in [-0.2, 0) is 16.8 Å². The molecule has 0 spiro atoms. The first-order valence-electron chi connectivity index (χ1n) is 2.83. The average molecular weight is 226 g/mol. The van der Waals surface area contributed by atoms with Gasteiger partial charge < -0.3 is 4.55 Å². The highest BCUT2D eigenvalue weighted by atomic mass is 35.5. The smallest absolute Gasteiger partial charge is 0.143 e. The molecule has 1 rings (SSSR count). The molecule has 0 N–H and O–H groups in total. The monoisotopic (exact) mass is 225 g/mol. The van der Waals surface area contributed by atoms with Crippen LogP contribution in [0.5, 0.6) is 0 Å². The fraction of sp³-hybridized carbons (Fsp3) is 0.200. The molecule has 0 fully saturated rings. The van der Waals surface area contributed by atoms with Crippen molar-refractivity contribution in [1.82, 2.24) is 9.97 Å². The highest BCUT2D eigenvalue weighted by Crippen LogP contribution is 2.11. The molecule has 0 saturated carbocycles. The van der Waals surface area contributed by atoms with Gasteiger partial charge in [-0.3, -0.25) is 4.21 Å². The van der Waals surface area contributed by atoms with Gasteiger partial charge in [-0.05, 0) is 11.1 Å². The lowest BCUT2D eigenvalue weighted by atomic mass is 10.6. The van der Waals surface area contributed by atoms with Gasteiger partial charge >= 0.3 is 0 Å². The molecule has 0 saturated heterocycles. The van der Waals surface area contributed by atoms with Crippen LogP contribution in [0.4, 0.5) is 0 Å². The van der Waals surface area contributed by atoms with Crippen LogP contribution in [0.1, 0.15) is 5.82 Å². The molecule has 0 amide bonds. The lowest BCUT2D eigenvalue weighted by Gasteiger charge is -2.03. The summed E-state index contributed by atoms with van der Waals surface area (Å²) in [7, 11) is 0. The van der Waals surface area contributed by atoms with Crippen LogP contribution in [0.3, 0.4) is 0 Å². The van der Waals surface area contributed by atoms with E-state index in [1.165, 1.54) is 6.07 Å². The minimum Gasteiger partial charge on any atom is -0.772 e. The number of aromatic nitrogens is 2. The largest absolute Gasteiger partial charge is 0.772 e. The molecule has 4 nitrogen and oxygen atoms in total. The molecule has 1 aromatic rings. The molecule has 66 valence electrons. The van der Waals surface area contributed by atoms with Crippen LogP contribution >= 0.6 is 23.2 Å². The summed E-state index contributed by atoms with van der Waals surface area (Å²) in [6, 6.07) is 1.33. The van der Waals surface area contributed by atoms with Crippen molar-refractivity contribution in [2.24, 2.45) is 0 Å². The van der Waals surface area contributed by atoms with Gasteiger partial charge in [0.25, 0.3) is 0 Å². The summed E-state index contributed by atoms with van der Waals surface area (Å²) in [6.45, 7) is 0. The van der Waals surface area contributed by atoms with Crippen molar-refractivity contribution in [2.45, 2.75) is 5.75 Å². The van der Waals surface area contributed by atoms with Crippen LogP contribution in [0.15, 0.2) is 6.07 Å². The summed E-state index contributed by atoms with van der Waals surface area (Å²) in [5.41, 5.74) is 0. The molecule has 1 atom stereocenters. The molecule has 0 aromatic carbocycles. The summed E-state index contributed by atoms with van der Waals surface area (Å²) < 4.78 is 20.5. The van der Waals surface area contributed by atoms with Crippen LogP contribution in [0, 0.1) is 0 Å². The van der Waals surface area contributed by atoms with Gasteiger partial charge in [0.2, 0.25) is 0 Å². The Balaban J connectivity index is 2.93. The second-order valence-corrected chi connectivity index (χ2v) is 3.55. The lowest BCUT2D eigenvalue weighted by molar-refractivity contribution is 0.535. The standard InChI is InChI=1S/C5H4Cl2N2O2S/c6-3-1-4(7)9-5(8-3)2-12(10)11/h1H,2H2,(H,10,11)/p-1. The van der Waals surface area contributed by atoms with E-state index in [1.807, 2.05) is 0 Å². The van der Waals surface area contributed by atoms with Gasteiger partial charge in [0.1, 0.15) is 16.1 Å². The maximum absolute atomic E-state index is 10.2. The van der Waals surface area contributed by atoms with Crippen molar-refractivity contribution in [3.05, 3.63) is 22.2 Å². The second-order valence-electron chi connectivity index (χ2n) is 1.88. The Kier molecular flexibility index (Phi) is 3.39. The van der Waals surface area contributed by atoms with Crippen molar-refractivity contribution < 1.29 is 8.76 Å². The van der Waals surface area contributed by atoms with E-state index in [0.29, 0.717) is 0 Å². The molecule has 12 heavy (non-hydrogen) atoms. The Hall–Kier alpha value is -0.230. The molecule has 0 radical (unpaired) electrons. The zero-order valence-electron chi connectivity index (χ0n) is 5.66. The third kappa shape index (κ3) is 3.02. The first-order valence-corrected chi connectivity index (χ1v) is 4.83. The van der Waals surface area contributed by atoms with E-state index in [1.54, 1.807) is 0 Å². The predicted molar refractivity (Wildman–Crippen MR) is 44.7 cm³/mol. The zero-order valence-corrected chi connectivity index (χ0v) is 7.99. The second kappa shape index (κ2) is 4.13. The first kappa shape index (κ1) is 9.85. The summed E-state index contributed by atoms with van der Waals surface area (Å²) >= 11 is 8.77. The molecule has 1 unspecified atom stereocenters. The Morgan fingerprint density at radius 3 is 2.33 bits per heavy atom. The Morgan fingerprint density at radius 1 is 1.42 bits per heavy atom. The fourth-order valence-corrected chi connectivity index (χ4v) is 1.40. The third-order valence-electron chi connectivity index (χ3n) is 0.957. The van der Waals surface area contributed by atoms with Gasteiger partial charge in [-0.1, -0.05) is 23.2 Å². The van der Waals surface area contributed by atoms with E-state index in [9.17, 15) is 8.76 Å². The van der Waals surface area contributed by atoms with E-state index >= 15 is 0 Å². The summed E-state index contributed by atoms with van der Waals surface area (Å²) in [6.07, 6.45) is 0. The molecular formula is C5H3Cl2N2O2S-. The van der Waals surface area contributed by atoms with Crippen molar-refractivity contribution in [1.29, 1.82) is 0 Å². The number of hydrogen-bond acceptors (Lipinski definition) is 4. The third-order valence-corrected chi connectivity index (χ3v) is 1.84. The van der Waals surface area contributed by atoms with Gasteiger partial charge in [-0.15, -0.1) is 0 Å². The Labute approximate surface area is 81.2 Å². The van der Waals surface area contributed by atoms with Crippen molar-refractivity contribution in [2.75, 3.05) is 0 Å². The topological polar surface area (TPSA) is 65.9 Å². The van der Waals surface area contributed by atoms with Gasteiger partial charge in [0.15, 0.2) is 0 Å². The van der Waals surface area contributed by atoms with Crippen molar-refractivity contribution >= 4 is 34.3 Å². The SMILES string of the molecule is O=S([O-])Cc1nc(Cl)cc(Cl)n1. The van der Waals surface area contributed by atoms with Gasteiger partial charge in [-0.2, -0.15) is 0 Å². The number of nitrogens with zero attached hydrogens (tertiary/aromatic N) is 2. The van der Waals surface area contributed by atoms with Gasteiger partial charge in [-0.25, -0.2) is 9.97 Å². The summed E-state index contributed by atoms with van der Waals surface area (Å²) in [4.78, 5) is 7.30. The quantitative estimate of drug-likeness (QED) is 0.560. The maximum atomic E-state index is 10.2. The zero-order chi connectivity index (χ0) is 9.14. The lowest BCUT2D eigenvalue weighted by Crippen LogP contribution is -2.00. The van der Waals surface area contributed by atoms with Crippen LogP contribution in [-0.4, -0.2) is 18.7 Å². The minimum absolute atomic E-state index is 0.0980. The van der Waals surface area contributed by atoms with E-state index < -0.39 is 11.1 Å². The van der Waals surface area contributed by atoms with Crippen LogP contribution in [0.2, 0.25) is 10.3 Å². The molecular weight excluding hydrogens is 223 g/mol.